The molecular formula is C10H15NO4. The maximum absolute atomic E-state index is 11.4. The average Bonchev–Trinajstić information content (AvgIpc) is 2.65. The molecule has 2 heterocycles. The predicted molar refractivity (Wildman–Crippen MR) is 50.9 cm³/mol. The van der Waals surface area contributed by atoms with Gasteiger partial charge in [-0.2, -0.15) is 0 Å². The third-order valence-electron chi connectivity index (χ3n) is 3.25. The SMILES string of the molecule is CC1OCCC1(O)CN1C(=O)CCC1=O. The van der Waals surface area contributed by atoms with Crippen molar-refractivity contribution >= 4 is 11.8 Å². The summed E-state index contributed by atoms with van der Waals surface area (Å²) >= 11 is 0. The van der Waals surface area contributed by atoms with Crippen LogP contribution in [-0.4, -0.2) is 46.7 Å². The molecule has 2 rings (SSSR count). The van der Waals surface area contributed by atoms with Crippen LogP contribution in [0.15, 0.2) is 0 Å². The number of β-amino-alcohol motifs (C(OH)–C–C–N with tert-alkyl or cyclic N) is 1. The Kier molecular flexibility index (Phi) is 2.52. The highest BCUT2D eigenvalue weighted by atomic mass is 16.5. The van der Waals surface area contributed by atoms with E-state index >= 15 is 0 Å². The molecule has 5 heteroatoms. The van der Waals surface area contributed by atoms with Crippen molar-refractivity contribution in [1.29, 1.82) is 0 Å². The van der Waals surface area contributed by atoms with Crippen molar-refractivity contribution in [3.05, 3.63) is 0 Å². The summed E-state index contributed by atoms with van der Waals surface area (Å²) in [6.45, 7) is 2.32. The first-order chi connectivity index (χ1) is 7.03. The molecule has 0 aliphatic carbocycles. The van der Waals surface area contributed by atoms with Crippen LogP contribution in [-0.2, 0) is 14.3 Å². The Bertz CT molecular complexity index is 288. The van der Waals surface area contributed by atoms with E-state index in [0.29, 0.717) is 13.0 Å². The summed E-state index contributed by atoms with van der Waals surface area (Å²) in [5, 5.41) is 10.2. The van der Waals surface area contributed by atoms with Gasteiger partial charge >= 0.3 is 0 Å². The fraction of sp³-hybridized carbons (Fsp3) is 0.800. The number of rotatable bonds is 2. The van der Waals surface area contributed by atoms with E-state index in [1.165, 1.54) is 0 Å². The molecule has 0 spiro atoms. The lowest BCUT2D eigenvalue weighted by Gasteiger charge is -2.29. The van der Waals surface area contributed by atoms with E-state index in [2.05, 4.69) is 0 Å². The Morgan fingerprint density at radius 2 is 2.07 bits per heavy atom. The molecular weight excluding hydrogens is 198 g/mol. The van der Waals surface area contributed by atoms with E-state index in [9.17, 15) is 14.7 Å². The van der Waals surface area contributed by atoms with Crippen LogP contribution in [0.3, 0.4) is 0 Å². The summed E-state index contributed by atoms with van der Waals surface area (Å²) in [7, 11) is 0. The Morgan fingerprint density at radius 1 is 1.47 bits per heavy atom. The summed E-state index contributed by atoms with van der Waals surface area (Å²) in [4.78, 5) is 23.9. The van der Waals surface area contributed by atoms with Gasteiger partial charge in [0.15, 0.2) is 0 Å². The highest BCUT2D eigenvalue weighted by molar-refractivity contribution is 6.02. The van der Waals surface area contributed by atoms with Gasteiger partial charge in [-0.15, -0.1) is 0 Å². The molecule has 2 unspecified atom stereocenters. The number of hydrogen-bond donors (Lipinski definition) is 1. The first-order valence-corrected chi connectivity index (χ1v) is 5.20. The lowest BCUT2D eigenvalue weighted by molar-refractivity contribution is -0.144. The Morgan fingerprint density at radius 3 is 2.53 bits per heavy atom. The molecule has 0 saturated carbocycles. The third kappa shape index (κ3) is 1.77. The van der Waals surface area contributed by atoms with Crippen LogP contribution in [0.1, 0.15) is 26.2 Å². The van der Waals surface area contributed by atoms with Crippen molar-refractivity contribution in [2.75, 3.05) is 13.2 Å². The van der Waals surface area contributed by atoms with Gasteiger partial charge in [-0.05, 0) is 6.92 Å². The molecule has 2 atom stereocenters. The highest BCUT2D eigenvalue weighted by Crippen LogP contribution is 2.28. The minimum absolute atomic E-state index is 0.0752. The molecule has 0 aromatic rings. The Labute approximate surface area is 88.0 Å². The van der Waals surface area contributed by atoms with E-state index in [1.807, 2.05) is 0 Å². The van der Waals surface area contributed by atoms with Crippen molar-refractivity contribution < 1.29 is 19.4 Å². The minimum Gasteiger partial charge on any atom is -0.385 e. The molecule has 0 radical (unpaired) electrons. The smallest absolute Gasteiger partial charge is 0.229 e. The summed E-state index contributed by atoms with van der Waals surface area (Å²) < 4.78 is 5.25. The van der Waals surface area contributed by atoms with E-state index in [0.717, 1.165) is 4.90 Å². The molecule has 0 aromatic heterocycles. The zero-order chi connectivity index (χ0) is 11.1. The van der Waals surface area contributed by atoms with E-state index in [1.54, 1.807) is 6.92 Å². The largest absolute Gasteiger partial charge is 0.385 e. The number of amides is 2. The second-order valence-corrected chi connectivity index (χ2v) is 4.24. The van der Waals surface area contributed by atoms with Gasteiger partial charge in [0.2, 0.25) is 11.8 Å². The van der Waals surface area contributed by atoms with Gasteiger partial charge in [0.05, 0.1) is 12.6 Å². The molecule has 0 aromatic carbocycles. The van der Waals surface area contributed by atoms with Crippen LogP contribution >= 0.6 is 0 Å². The van der Waals surface area contributed by atoms with Crippen LogP contribution in [0.25, 0.3) is 0 Å². The van der Waals surface area contributed by atoms with Gasteiger partial charge < -0.3 is 9.84 Å². The molecule has 0 bridgehead atoms. The monoisotopic (exact) mass is 213 g/mol. The molecule has 2 fully saturated rings. The van der Waals surface area contributed by atoms with E-state index in [4.69, 9.17) is 4.74 Å². The average molecular weight is 213 g/mol. The summed E-state index contributed by atoms with van der Waals surface area (Å²) in [6.07, 6.45) is 0.693. The molecule has 2 aliphatic heterocycles. The molecule has 5 nitrogen and oxygen atoms in total. The number of ether oxygens (including phenoxy) is 1. The van der Waals surface area contributed by atoms with Crippen LogP contribution in [0.5, 0.6) is 0 Å². The maximum atomic E-state index is 11.4. The minimum atomic E-state index is -1.06. The second-order valence-electron chi connectivity index (χ2n) is 4.24. The van der Waals surface area contributed by atoms with Crippen molar-refractivity contribution in [3.8, 4) is 0 Å². The normalized spacial score (nSPS) is 36.7. The molecule has 1 N–H and O–H groups in total. The first-order valence-electron chi connectivity index (χ1n) is 5.20. The van der Waals surface area contributed by atoms with Gasteiger partial charge in [-0.3, -0.25) is 14.5 Å². The second kappa shape index (κ2) is 3.57. The lowest BCUT2D eigenvalue weighted by Crippen LogP contribution is -2.49. The first kappa shape index (κ1) is 10.6. The van der Waals surface area contributed by atoms with Crippen molar-refractivity contribution in [1.82, 2.24) is 4.90 Å². The number of aliphatic hydroxyl groups is 1. The van der Waals surface area contributed by atoms with Gasteiger partial charge in [0.25, 0.3) is 0 Å². The van der Waals surface area contributed by atoms with Crippen LogP contribution in [0, 0.1) is 0 Å². The van der Waals surface area contributed by atoms with Crippen molar-refractivity contribution in [2.45, 2.75) is 37.9 Å². The fourth-order valence-corrected chi connectivity index (χ4v) is 2.05. The number of carbonyl (C=O) groups excluding carboxylic acids is 2. The number of carbonyl (C=O) groups is 2. The maximum Gasteiger partial charge on any atom is 0.229 e. The summed E-state index contributed by atoms with van der Waals surface area (Å²) in [5.41, 5.74) is -1.06. The summed E-state index contributed by atoms with van der Waals surface area (Å²) in [6, 6.07) is 0. The van der Waals surface area contributed by atoms with Gasteiger partial charge in [-0.25, -0.2) is 0 Å². The van der Waals surface area contributed by atoms with Crippen molar-refractivity contribution in [3.63, 3.8) is 0 Å². The number of nitrogens with zero attached hydrogens (tertiary/aromatic N) is 1. The quantitative estimate of drug-likeness (QED) is 0.638. The molecule has 2 amide bonds. The van der Waals surface area contributed by atoms with Crippen LogP contribution < -0.4 is 0 Å². The van der Waals surface area contributed by atoms with Gasteiger partial charge in [0.1, 0.15) is 5.60 Å². The molecule has 2 aliphatic rings. The number of hydrogen-bond acceptors (Lipinski definition) is 4. The predicted octanol–water partition coefficient (Wildman–Crippen LogP) is -0.325. The third-order valence-corrected chi connectivity index (χ3v) is 3.25. The fourth-order valence-electron chi connectivity index (χ4n) is 2.05. The van der Waals surface area contributed by atoms with E-state index < -0.39 is 5.60 Å². The highest BCUT2D eigenvalue weighted by Gasteiger charge is 2.44. The zero-order valence-electron chi connectivity index (χ0n) is 8.73. The Hall–Kier alpha value is -0.940. The van der Waals surface area contributed by atoms with Crippen LogP contribution in [0.2, 0.25) is 0 Å². The topological polar surface area (TPSA) is 66.8 Å². The number of imide groups is 1. The summed E-state index contributed by atoms with van der Waals surface area (Å²) in [5.74, 6) is -0.375. The zero-order valence-corrected chi connectivity index (χ0v) is 8.73. The van der Waals surface area contributed by atoms with Crippen molar-refractivity contribution in [2.24, 2.45) is 0 Å². The van der Waals surface area contributed by atoms with E-state index in [-0.39, 0.29) is 37.3 Å². The molecule has 15 heavy (non-hydrogen) atoms. The molecule has 84 valence electrons. The number of likely N-dealkylation sites (tertiary alicyclic amines) is 1. The lowest BCUT2D eigenvalue weighted by atomic mass is 9.96. The standard InChI is InChI=1S/C10H15NO4/c1-7-10(14,4-5-15-7)6-11-8(12)2-3-9(11)13/h7,14H,2-6H2,1H3. The van der Waals surface area contributed by atoms with Gasteiger partial charge in [-0.1, -0.05) is 0 Å². The van der Waals surface area contributed by atoms with Crippen LogP contribution in [0.4, 0.5) is 0 Å². The molecule has 2 saturated heterocycles. The van der Waals surface area contributed by atoms with Gasteiger partial charge in [0, 0.05) is 25.9 Å². The Balaban J connectivity index is 2.07.